The Morgan fingerprint density at radius 3 is 2.64 bits per heavy atom. The molecule has 0 fully saturated rings. The van der Waals surface area contributed by atoms with Gasteiger partial charge in [0, 0.05) is 35.6 Å². The van der Waals surface area contributed by atoms with Gasteiger partial charge in [-0.2, -0.15) is 9.67 Å². The second-order valence-corrected chi connectivity index (χ2v) is 7.41. The Bertz CT molecular complexity index is 1420. The number of ether oxygens (including phenoxy) is 1. The molecule has 0 atom stereocenters. The average molecular weight is 435 g/mol. The van der Waals surface area contributed by atoms with Crippen LogP contribution in [0.3, 0.4) is 0 Å². The zero-order chi connectivity index (χ0) is 22.6. The van der Waals surface area contributed by atoms with Gasteiger partial charge in [0.15, 0.2) is 5.82 Å². The number of methoxy groups -OCH3 is 1. The van der Waals surface area contributed by atoms with Crippen LogP contribution in [0.1, 0.15) is 15.9 Å². The van der Waals surface area contributed by atoms with E-state index in [1.54, 1.807) is 25.6 Å². The number of benzene rings is 3. The van der Waals surface area contributed by atoms with Crippen LogP contribution in [0.25, 0.3) is 22.2 Å². The fraction of sp³-hybridized carbons (Fsp3) is 0.0769. The lowest BCUT2D eigenvalue weighted by molar-refractivity contribution is 0.0949. The number of aromatic nitrogens is 4. The van der Waals surface area contributed by atoms with E-state index in [0.29, 0.717) is 23.9 Å². The largest absolute Gasteiger partial charge is 0.496 e. The van der Waals surface area contributed by atoms with Crippen molar-refractivity contribution >= 4 is 22.6 Å². The molecule has 0 unspecified atom stereocenters. The summed E-state index contributed by atoms with van der Waals surface area (Å²) in [6.07, 6.45) is 3.36. The minimum atomic E-state index is -0.267. The third-order valence-electron chi connectivity index (χ3n) is 5.37. The smallest absolute Gasteiger partial charge is 0.282 e. The maximum atomic E-state index is 13.6. The minimum Gasteiger partial charge on any atom is -0.496 e. The van der Waals surface area contributed by atoms with Crippen molar-refractivity contribution in [1.82, 2.24) is 19.7 Å². The molecule has 0 radical (unpaired) electrons. The molecule has 162 valence electrons. The summed E-state index contributed by atoms with van der Waals surface area (Å²) in [7, 11) is 1.63. The lowest BCUT2D eigenvalue weighted by Gasteiger charge is -2.11. The van der Waals surface area contributed by atoms with Crippen LogP contribution < -0.4 is 10.1 Å². The Morgan fingerprint density at radius 1 is 0.970 bits per heavy atom. The van der Waals surface area contributed by atoms with Gasteiger partial charge < -0.3 is 10.1 Å². The van der Waals surface area contributed by atoms with Gasteiger partial charge in [-0.1, -0.05) is 54.6 Å². The van der Waals surface area contributed by atoms with E-state index in [9.17, 15) is 4.79 Å². The van der Waals surface area contributed by atoms with Crippen LogP contribution in [-0.4, -0.2) is 32.8 Å². The third-order valence-corrected chi connectivity index (χ3v) is 5.37. The van der Waals surface area contributed by atoms with Crippen molar-refractivity contribution in [1.29, 1.82) is 0 Å². The summed E-state index contributed by atoms with van der Waals surface area (Å²) in [6, 6.07) is 24.8. The van der Waals surface area contributed by atoms with Crippen LogP contribution in [0.4, 0.5) is 5.95 Å². The summed E-state index contributed by atoms with van der Waals surface area (Å²) in [5, 5.41) is 9.65. The van der Waals surface area contributed by atoms with Crippen molar-refractivity contribution in [2.45, 2.75) is 6.54 Å². The highest BCUT2D eigenvalue weighted by atomic mass is 16.5. The Morgan fingerprint density at radius 2 is 1.79 bits per heavy atom. The zero-order valence-corrected chi connectivity index (χ0v) is 18.0. The van der Waals surface area contributed by atoms with Crippen molar-refractivity contribution in [3.05, 3.63) is 102 Å². The number of hydrogen-bond acceptors (Lipinski definition) is 6. The predicted molar refractivity (Wildman–Crippen MR) is 127 cm³/mol. The number of hydrogen-bond donors (Lipinski definition) is 1. The summed E-state index contributed by atoms with van der Waals surface area (Å²) in [6.45, 7) is 0.415. The molecule has 7 heteroatoms. The normalized spacial score (nSPS) is 10.8. The fourth-order valence-corrected chi connectivity index (χ4v) is 3.73. The van der Waals surface area contributed by atoms with Gasteiger partial charge in [0.2, 0.25) is 5.95 Å². The van der Waals surface area contributed by atoms with Crippen LogP contribution in [-0.2, 0) is 6.54 Å². The van der Waals surface area contributed by atoms with Gasteiger partial charge in [0.25, 0.3) is 5.91 Å². The van der Waals surface area contributed by atoms with Gasteiger partial charge in [-0.15, -0.1) is 5.10 Å². The van der Waals surface area contributed by atoms with Gasteiger partial charge in [0.1, 0.15) is 5.75 Å². The Labute approximate surface area is 190 Å². The molecule has 0 aliphatic carbocycles. The topological polar surface area (TPSA) is 81.9 Å². The van der Waals surface area contributed by atoms with Gasteiger partial charge in [-0.3, -0.25) is 9.78 Å². The molecule has 1 N–H and O–H groups in total. The number of nitrogens with one attached hydrogen (secondary N) is 1. The first-order chi connectivity index (χ1) is 16.2. The van der Waals surface area contributed by atoms with Gasteiger partial charge in [-0.05, 0) is 35.0 Å². The van der Waals surface area contributed by atoms with E-state index < -0.39 is 0 Å². The van der Waals surface area contributed by atoms with Crippen LogP contribution in [0.2, 0.25) is 0 Å². The number of carbonyl (C=O) groups excluding carboxylic acids is 1. The molecule has 5 rings (SSSR count). The van der Waals surface area contributed by atoms with Crippen molar-refractivity contribution < 1.29 is 9.53 Å². The molecular formula is C26H21N5O2. The standard InChI is InChI=1S/C26H21N5O2/c1-33-23-14-5-3-9-19(23)17-28-26-29-24(20-11-7-15-27-16-20)30-31(26)25(32)22-13-6-10-18-8-2-4-12-21(18)22/h2-16H,17H2,1H3,(H,28,29,30). The van der Waals surface area contributed by atoms with E-state index in [4.69, 9.17) is 4.74 Å². The number of carbonyl (C=O) groups is 1. The first kappa shape index (κ1) is 20.4. The Balaban J connectivity index is 1.56. The average Bonchev–Trinajstić information content (AvgIpc) is 3.31. The predicted octanol–water partition coefficient (Wildman–Crippen LogP) is 4.80. The lowest BCUT2D eigenvalue weighted by atomic mass is 10.0. The summed E-state index contributed by atoms with van der Waals surface area (Å²) in [4.78, 5) is 22.4. The van der Waals surface area contributed by atoms with Crippen molar-refractivity contribution in [3.8, 4) is 17.1 Å². The van der Waals surface area contributed by atoms with Crippen LogP contribution >= 0.6 is 0 Å². The molecular weight excluding hydrogens is 414 g/mol. The van der Waals surface area contributed by atoms with Crippen LogP contribution in [0.5, 0.6) is 5.75 Å². The van der Waals surface area contributed by atoms with Gasteiger partial charge >= 0.3 is 0 Å². The number of nitrogens with zero attached hydrogens (tertiary/aromatic N) is 4. The summed E-state index contributed by atoms with van der Waals surface area (Å²) < 4.78 is 6.76. The molecule has 33 heavy (non-hydrogen) atoms. The summed E-state index contributed by atoms with van der Waals surface area (Å²) in [5.41, 5.74) is 2.22. The Kier molecular flexibility index (Phi) is 5.51. The maximum Gasteiger partial charge on any atom is 0.282 e. The molecule has 0 aliphatic rings. The highest BCUT2D eigenvalue weighted by Crippen LogP contribution is 2.24. The molecule has 0 aliphatic heterocycles. The Hall–Kier alpha value is -4.52. The van der Waals surface area contributed by atoms with Crippen molar-refractivity contribution in [2.24, 2.45) is 0 Å². The molecule has 2 heterocycles. The zero-order valence-electron chi connectivity index (χ0n) is 18.0. The number of anilines is 1. The van der Waals surface area contributed by atoms with E-state index in [-0.39, 0.29) is 5.91 Å². The monoisotopic (exact) mass is 435 g/mol. The molecule has 2 aromatic heterocycles. The number of pyridine rings is 1. The highest BCUT2D eigenvalue weighted by molar-refractivity contribution is 6.08. The van der Waals surface area contributed by atoms with E-state index in [0.717, 1.165) is 27.6 Å². The molecule has 0 saturated heterocycles. The molecule has 0 spiro atoms. The van der Waals surface area contributed by atoms with Gasteiger partial charge in [0.05, 0.1) is 7.11 Å². The highest BCUT2D eigenvalue weighted by Gasteiger charge is 2.20. The molecule has 0 saturated carbocycles. The minimum absolute atomic E-state index is 0.267. The number of fused-ring (bicyclic) bond motifs is 1. The second-order valence-electron chi connectivity index (χ2n) is 7.41. The third kappa shape index (κ3) is 4.04. The molecule has 0 amide bonds. The maximum absolute atomic E-state index is 13.6. The van der Waals surface area contributed by atoms with Crippen molar-refractivity contribution in [3.63, 3.8) is 0 Å². The van der Waals surface area contributed by atoms with E-state index in [2.05, 4.69) is 20.4 Å². The first-order valence-corrected chi connectivity index (χ1v) is 10.5. The molecule has 3 aromatic carbocycles. The van der Waals surface area contributed by atoms with Crippen molar-refractivity contribution in [2.75, 3.05) is 12.4 Å². The quantitative estimate of drug-likeness (QED) is 0.412. The van der Waals surface area contributed by atoms with Crippen LogP contribution in [0, 0.1) is 0 Å². The van der Waals surface area contributed by atoms with E-state index in [1.807, 2.05) is 72.8 Å². The lowest BCUT2D eigenvalue weighted by Crippen LogP contribution is -2.18. The molecule has 0 bridgehead atoms. The van der Waals surface area contributed by atoms with Crippen LogP contribution in [0.15, 0.2) is 91.3 Å². The first-order valence-electron chi connectivity index (χ1n) is 10.5. The second kappa shape index (κ2) is 8.92. The SMILES string of the molecule is COc1ccccc1CNc1nc(-c2cccnc2)nn1C(=O)c1cccc2ccccc12. The molecule has 7 nitrogen and oxygen atoms in total. The fourth-order valence-electron chi connectivity index (χ4n) is 3.73. The number of para-hydroxylation sites is 1. The van der Waals surface area contributed by atoms with Gasteiger partial charge in [-0.25, -0.2) is 0 Å². The van der Waals surface area contributed by atoms with E-state index >= 15 is 0 Å². The summed E-state index contributed by atoms with van der Waals surface area (Å²) in [5.74, 6) is 1.25. The van der Waals surface area contributed by atoms with E-state index in [1.165, 1.54) is 4.68 Å². The number of rotatable bonds is 6. The molecule has 5 aromatic rings. The summed E-state index contributed by atoms with van der Waals surface area (Å²) >= 11 is 0.